The van der Waals surface area contributed by atoms with Gasteiger partial charge in [0, 0.05) is 17.3 Å². The number of halogens is 1. The summed E-state index contributed by atoms with van der Waals surface area (Å²) in [5, 5.41) is 13.8. The standard InChI is InChI=1S/C20H21ClN6O2/c1-12-3-4-13(2)16(9-12)24-17(28)11-27-19(22)18(25-26-27)20(29)23-10-14-5-7-15(21)8-6-14/h3-9H,10-11,22H2,1-2H3,(H,23,29)(H,24,28). The lowest BCUT2D eigenvalue weighted by molar-refractivity contribution is -0.116. The molecule has 0 radical (unpaired) electrons. The van der Waals surface area contributed by atoms with E-state index in [1.54, 1.807) is 24.3 Å². The molecule has 0 bridgehead atoms. The van der Waals surface area contributed by atoms with Crippen molar-refractivity contribution in [2.24, 2.45) is 0 Å². The maximum Gasteiger partial charge on any atom is 0.275 e. The highest BCUT2D eigenvalue weighted by molar-refractivity contribution is 6.30. The molecule has 2 amide bonds. The second kappa shape index (κ2) is 8.74. The summed E-state index contributed by atoms with van der Waals surface area (Å²) in [5.74, 6) is -0.767. The van der Waals surface area contributed by atoms with Gasteiger partial charge in [0.25, 0.3) is 5.91 Å². The van der Waals surface area contributed by atoms with Crippen LogP contribution in [0.4, 0.5) is 11.5 Å². The molecule has 9 heteroatoms. The summed E-state index contributed by atoms with van der Waals surface area (Å²) in [5.41, 5.74) is 9.51. The molecule has 0 fully saturated rings. The van der Waals surface area contributed by atoms with Crippen LogP contribution >= 0.6 is 11.6 Å². The second-order valence-corrected chi connectivity index (χ2v) is 7.09. The van der Waals surface area contributed by atoms with Gasteiger partial charge in [-0.25, -0.2) is 4.68 Å². The quantitative estimate of drug-likeness (QED) is 0.575. The number of hydrogen-bond donors (Lipinski definition) is 3. The minimum atomic E-state index is -0.473. The molecule has 0 unspecified atom stereocenters. The normalized spacial score (nSPS) is 10.6. The van der Waals surface area contributed by atoms with E-state index in [2.05, 4.69) is 20.9 Å². The van der Waals surface area contributed by atoms with Crippen molar-refractivity contribution >= 4 is 34.9 Å². The highest BCUT2D eigenvalue weighted by atomic mass is 35.5. The average molecular weight is 413 g/mol. The number of carbonyl (C=O) groups excluding carboxylic acids is 2. The summed E-state index contributed by atoms with van der Waals surface area (Å²) >= 11 is 5.85. The first-order valence-electron chi connectivity index (χ1n) is 8.92. The molecule has 150 valence electrons. The Labute approximate surface area is 173 Å². The fourth-order valence-electron chi connectivity index (χ4n) is 2.66. The molecule has 0 saturated heterocycles. The van der Waals surface area contributed by atoms with Gasteiger partial charge in [-0.15, -0.1) is 5.10 Å². The topological polar surface area (TPSA) is 115 Å². The van der Waals surface area contributed by atoms with Gasteiger partial charge in [-0.05, 0) is 48.7 Å². The van der Waals surface area contributed by atoms with E-state index in [1.165, 1.54) is 4.68 Å². The van der Waals surface area contributed by atoms with Crippen LogP contribution in [0.2, 0.25) is 5.02 Å². The number of nitrogens with one attached hydrogen (secondary N) is 2. The van der Waals surface area contributed by atoms with Crippen molar-refractivity contribution < 1.29 is 9.59 Å². The monoisotopic (exact) mass is 412 g/mol. The van der Waals surface area contributed by atoms with Crippen LogP contribution in [0.15, 0.2) is 42.5 Å². The Kier molecular flexibility index (Phi) is 6.13. The van der Waals surface area contributed by atoms with Crippen molar-refractivity contribution in [2.45, 2.75) is 26.9 Å². The van der Waals surface area contributed by atoms with Gasteiger partial charge in [0.05, 0.1) is 0 Å². The van der Waals surface area contributed by atoms with Crippen molar-refractivity contribution in [3.05, 3.63) is 69.9 Å². The van der Waals surface area contributed by atoms with Gasteiger partial charge in [-0.1, -0.05) is 41.1 Å². The number of nitrogens with zero attached hydrogens (tertiary/aromatic N) is 3. The van der Waals surface area contributed by atoms with Gasteiger partial charge >= 0.3 is 0 Å². The smallest absolute Gasteiger partial charge is 0.275 e. The lowest BCUT2D eigenvalue weighted by atomic mass is 10.1. The minimum absolute atomic E-state index is 0.0229. The fourth-order valence-corrected chi connectivity index (χ4v) is 2.79. The molecule has 0 spiro atoms. The van der Waals surface area contributed by atoms with E-state index in [0.29, 0.717) is 5.02 Å². The zero-order chi connectivity index (χ0) is 21.0. The Morgan fingerprint density at radius 1 is 1.14 bits per heavy atom. The molecule has 29 heavy (non-hydrogen) atoms. The number of carbonyl (C=O) groups is 2. The molecule has 0 aliphatic rings. The van der Waals surface area contributed by atoms with Gasteiger partial charge < -0.3 is 16.4 Å². The largest absolute Gasteiger partial charge is 0.382 e. The van der Waals surface area contributed by atoms with E-state index in [0.717, 1.165) is 22.4 Å². The van der Waals surface area contributed by atoms with Crippen LogP contribution in [0.5, 0.6) is 0 Å². The predicted octanol–water partition coefficient (Wildman–Crippen LogP) is 2.70. The third kappa shape index (κ3) is 5.11. The van der Waals surface area contributed by atoms with Crippen LogP contribution in [0.25, 0.3) is 0 Å². The lowest BCUT2D eigenvalue weighted by Crippen LogP contribution is -2.25. The molecule has 1 heterocycles. The zero-order valence-electron chi connectivity index (χ0n) is 16.1. The number of rotatable bonds is 6. The summed E-state index contributed by atoms with van der Waals surface area (Å²) in [6, 6.07) is 12.9. The molecular formula is C20H21ClN6O2. The fraction of sp³-hybridized carbons (Fsp3) is 0.200. The van der Waals surface area contributed by atoms with Crippen LogP contribution in [-0.4, -0.2) is 26.8 Å². The first-order valence-corrected chi connectivity index (χ1v) is 9.30. The highest BCUT2D eigenvalue weighted by Gasteiger charge is 2.19. The van der Waals surface area contributed by atoms with E-state index in [4.69, 9.17) is 17.3 Å². The predicted molar refractivity (Wildman–Crippen MR) is 112 cm³/mol. The van der Waals surface area contributed by atoms with E-state index >= 15 is 0 Å². The summed E-state index contributed by atoms with van der Waals surface area (Å²) in [6.07, 6.45) is 0. The van der Waals surface area contributed by atoms with E-state index in [-0.39, 0.29) is 30.5 Å². The third-order valence-electron chi connectivity index (χ3n) is 4.32. The number of amides is 2. The van der Waals surface area contributed by atoms with E-state index < -0.39 is 5.91 Å². The van der Waals surface area contributed by atoms with Gasteiger partial charge in [0.1, 0.15) is 6.54 Å². The van der Waals surface area contributed by atoms with Gasteiger partial charge in [-0.3, -0.25) is 9.59 Å². The van der Waals surface area contributed by atoms with E-state index in [9.17, 15) is 9.59 Å². The molecule has 1 aromatic heterocycles. The Morgan fingerprint density at radius 2 is 1.86 bits per heavy atom. The molecule has 0 saturated carbocycles. The average Bonchev–Trinajstić information content (AvgIpc) is 3.04. The number of hydrogen-bond acceptors (Lipinski definition) is 5. The van der Waals surface area contributed by atoms with Crippen molar-refractivity contribution in [1.29, 1.82) is 0 Å². The van der Waals surface area contributed by atoms with E-state index in [1.807, 2.05) is 32.0 Å². The summed E-state index contributed by atoms with van der Waals surface area (Å²) < 4.78 is 1.19. The molecule has 0 atom stereocenters. The van der Waals surface area contributed by atoms with Crippen molar-refractivity contribution in [3.63, 3.8) is 0 Å². The Hall–Kier alpha value is -3.39. The molecule has 4 N–H and O–H groups in total. The summed E-state index contributed by atoms with van der Waals surface area (Å²) in [6.45, 7) is 3.98. The molecule has 0 aliphatic heterocycles. The number of aryl methyl sites for hydroxylation is 2. The second-order valence-electron chi connectivity index (χ2n) is 6.66. The Balaban J connectivity index is 1.62. The number of nitrogens with two attached hydrogens (primary N) is 1. The third-order valence-corrected chi connectivity index (χ3v) is 4.57. The molecule has 2 aromatic carbocycles. The maximum atomic E-state index is 12.3. The molecule has 3 rings (SSSR count). The van der Waals surface area contributed by atoms with Crippen LogP contribution in [0.1, 0.15) is 27.2 Å². The molecule has 8 nitrogen and oxygen atoms in total. The lowest BCUT2D eigenvalue weighted by Gasteiger charge is -2.10. The molecule has 3 aromatic rings. The first-order chi connectivity index (χ1) is 13.8. The van der Waals surface area contributed by atoms with Gasteiger partial charge in [0.2, 0.25) is 5.91 Å². The number of nitrogen functional groups attached to an aromatic ring is 1. The van der Waals surface area contributed by atoms with Crippen LogP contribution in [0.3, 0.4) is 0 Å². The zero-order valence-corrected chi connectivity index (χ0v) is 16.8. The Morgan fingerprint density at radius 3 is 2.59 bits per heavy atom. The van der Waals surface area contributed by atoms with Crippen LogP contribution in [-0.2, 0) is 17.9 Å². The maximum absolute atomic E-state index is 12.3. The number of anilines is 2. The van der Waals surface area contributed by atoms with Crippen LogP contribution < -0.4 is 16.4 Å². The van der Waals surface area contributed by atoms with Crippen molar-refractivity contribution in [2.75, 3.05) is 11.1 Å². The molecular weight excluding hydrogens is 392 g/mol. The first kappa shape index (κ1) is 20.3. The highest BCUT2D eigenvalue weighted by Crippen LogP contribution is 2.17. The van der Waals surface area contributed by atoms with Crippen molar-refractivity contribution in [1.82, 2.24) is 20.3 Å². The Bertz CT molecular complexity index is 1050. The SMILES string of the molecule is Cc1ccc(C)c(NC(=O)Cn2nnc(C(=O)NCc3ccc(Cl)cc3)c2N)c1. The minimum Gasteiger partial charge on any atom is -0.382 e. The summed E-state index contributed by atoms with van der Waals surface area (Å²) in [4.78, 5) is 24.7. The number of benzene rings is 2. The van der Waals surface area contributed by atoms with Crippen LogP contribution in [0, 0.1) is 13.8 Å². The number of aromatic nitrogens is 3. The van der Waals surface area contributed by atoms with Crippen molar-refractivity contribution in [3.8, 4) is 0 Å². The van der Waals surface area contributed by atoms with Gasteiger partial charge in [0.15, 0.2) is 11.5 Å². The molecule has 0 aliphatic carbocycles. The summed E-state index contributed by atoms with van der Waals surface area (Å²) in [7, 11) is 0. The van der Waals surface area contributed by atoms with Gasteiger partial charge in [-0.2, -0.15) is 0 Å².